The summed E-state index contributed by atoms with van der Waals surface area (Å²) in [4.78, 5) is 10.8. The van der Waals surface area contributed by atoms with E-state index >= 15 is 0 Å². The predicted octanol–water partition coefficient (Wildman–Crippen LogP) is 0.976. The first-order chi connectivity index (χ1) is 8.13. The molecule has 0 saturated heterocycles. The van der Waals surface area contributed by atoms with E-state index in [2.05, 4.69) is 10.3 Å². The quantitative estimate of drug-likeness (QED) is 0.833. The first-order valence-electron chi connectivity index (χ1n) is 4.47. The molecule has 0 aliphatic rings. The summed E-state index contributed by atoms with van der Waals surface area (Å²) in [6, 6.07) is 5.42. The summed E-state index contributed by atoms with van der Waals surface area (Å²) in [6.07, 6.45) is 1.01. The number of carboxylic acids is 1. The third-order valence-corrected chi connectivity index (χ3v) is 2.07. The molecular weight excluding hydrogens is 227 g/mol. The van der Waals surface area contributed by atoms with Crippen molar-refractivity contribution in [2.24, 2.45) is 0 Å². The number of nitriles is 1. The van der Waals surface area contributed by atoms with E-state index in [0.717, 1.165) is 16.9 Å². The van der Waals surface area contributed by atoms with E-state index in [9.17, 15) is 9.18 Å². The zero-order valence-corrected chi connectivity index (χ0v) is 8.33. The van der Waals surface area contributed by atoms with E-state index in [4.69, 9.17) is 10.4 Å². The Balaban J connectivity index is 2.58. The molecule has 7 heteroatoms. The molecule has 0 radical (unpaired) electrons. The Morgan fingerprint density at radius 1 is 1.53 bits per heavy atom. The molecule has 2 aromatic rings. The number of nitrogens with zero attached hydrogens (tertiary/aromatic N) is 4. The Bertz CT molecular complexity index is 629. The number of benzene rings is 1. The average Bonchev–Trinajstić information content (AvgIpc) is 2.77. The van der Waals surface area contributed by atoms with Crippen LogP contribution in [0.25, 0.3) is 5.69 Å². The fourth-order valence-corrected chi connectivity index (χ4v) is 1.31. The van der Waals surface area contributed by atoms with Crippen molar-refractivity contribution in [1.29, 1.82) is 5.26 Å². The number of aromatic carboxylic acids is 1. The molecule has 0 amide bonds. The van der Waals surface area contributed by atoms with Gasteiger partial charge in [-0.1, -0.05) is 5.21 Å². The van der Waals surface area contributed by atoms with Crippen LogP contribution in [0.5, 0.6) is 0 Å². The van der Waals surface area contributed by atoms with Crippen molar-refractivity contribution in [2.45, 2.75) is 0 Å². The van der Waals surface area contributed by atoms with Crippen LogP contribution in [0.2, 0.25) is 0 Å². The molecule has 17 heavy (non-hydrogen) atoms. The van der Waals surface area contributed by atoms with E-state index in [1.165, 1.54) is 12.1 Å². The molecule has 0 aliphatic heterocycles. The second kappa shape index (κ2) is 4.02. The third kappa shape index (κ3) is 1.83. The predicted molar refractivity (Wildman–Crippen MR) is 53.0 cm³/mol. The second-order valence-electron chi connectivity index (χ2n) is 3.11. The molecule has 0 unspecified atom stereocenters. The Hall–Kier alpha value is -2.75. The van der Waals surface area contributed by atoms with E-state index in [-0.39, 0.29) is 16.9 Å². The van der Waals surface area contributed by atoms with Crippen LogP contribution < -0.4 is 0 Å². The number of rotatable bonds is 2. The summed E-state index contributed by atoms with van der Waals surface area (Å²) in [7, 11) is 0. The van der Waals surface area contributed by atoms with Gasteiger partial charge in [-0.25, -0.2) is 13.9 Å². The topological polar surface area (TPSA) is 91.8 Å². The maximum absolute atomic E-state index is 13.6. The number of carboxylic acid groups (broad SMARTS) is 1. The van der Waals surface area contributed by atoms with Gasteiger partial charge in [0, 0.05) is 0 Å². The van der Waals surface area contributed by atoms with Gasteiger partial charge in [0.1, 0.15) is 11.5 Å². The van der Waals surface area contributed by atoms with Gasteiger partial charge in [0.2, 0.25) is 0 Å². The number of aromatic nitrogens is 3. The van der Waals surface area contributed by atoms with Gasteiger partial charge in [-0.15, -0.1) is 5.10 Å². The van der Waals surface area contributed by atoms with Crippen molar-refractivity contribution in [1.82, 2.24) is 15.0 Å². The van der Waals surface area contributed by atoms with Crippen LogP contribution in [-0.2, 0) is 0 Å². The molecule has 1 aromatic carbocycles. The molecule has 1 heterocycles. The molecule has 0 aliphatic carbocycles. The Kier molecular flexibility index (Phi) is 2.54. The molecule has 1 N–H and O–H groups in total. The van der Waals surface area contributed by atoms with E-state index in [1.54, 1.807) is 6.07 Å². The van der Waals surface area contributed by atoms with Crippen molar-refractivity contribution < 1.29 is 14.3 Å². The summed E-state index contributed by atoms with van der Waals surface area (Å²) >= 11 is 0. The SMILES string of the molecule is N#Cc1ccc(-n2nncc2C(=O)O)c(F)c1. The highest BCUT2D eigenvalue weighted by atomic mass is 19.1. The highest BCUT2D eigenvalue weighted by molar-refractivity contribution is 5.85. The van der Waals surface area contributed by atoms with E-state index in [0.29, 0.717) is 0 Å². The lowest BCUT2D eigenvalue weighted by molar-refractivity contribution is 0.0687. The molecule has 0 bridgehead atoms. The third-order valence-electron chi connectivity index (χ3n) is 2.07. The molecule has 1 aromatic heterocycles. The van der Waals surface area contributed by atoms with Gasteiger partial charge in [-0.05, 0) is 18.2 Å². The number of hydrogen-bond acceptors (Lipinski definition) is 4. The smallest absolute Gasteiger partial charge is 0.356 e. The lowest BCUT2D eigenvalue weighted by Gasteiger charge is -2.04. The summed E-state index contributed by atoms with van der Waals surface area (Å²) < 4.78 is 14.5. The standard InChI is InChI=1S/C10H5FN4O2/c11-7-3-6(4-12)1-2-8(7)15-9(10(16)17)5-13-14-15/h1-3,5H,(H,16,17). The largest absolute Gasteiger partial charge is 0.476 e. The fraction of sp³-hybridized carbons (Fsp3) is 0. The van der Waals surface area contributed by atoms with Crippen molar-refractivity contribution in [3.05, 3.63) is 41.5 Å². The van der Waals surface area contributed by atoms with Crippen LogP contribution in [0.3, 0.4) is 0 Å². The normalized spacial score (nSPS) is 9.88. The summed E-state index contributed by atoms with van der Waals surface area (Å²) in [5.41, 5.74) is -0.184. The molecule has 0 atom stereocenters. The molecule has 6 nitrogen and oxygen atoms in total. The monoisotopic (exact) mass is 232 g/mol. The second-order valence-corrected chi connectivity index (χ2v) is 3.11. The fourth-order valence-electron chi connectivity index (χ4n) is 1.31. The number of halogens is 1. The van der Waals surface area contributed by atoms with Gasteiger partial charge in [0.05, 0.1) is 17.8 Å². The molecular formula is C10H5FN4O2. The lowest BCUT2D eigenvalue weighted by Crippen LogP contribution is -2.09. The Morgan fingerprint density at radius 2 is 2.29 bits per heavy atom. The number of carbonyl (C=O) groups is 1. The van der Waals surface area contributed by atoms with Crippen LogP contribution in [0.4, 0.5) is 4.39 Å². The minimum absolute atomic E-state index is 0.0705. The molecule has 2 rings (SSSR count). The van der Waals surface area contributed by atoms with Gasteiger partial charge < -0.3 is 5.11 Å². The van der Waals surface area contributed by atoms with Crippen LogP contribution in [0, 0.1) is 17.1 Å². The van der Waals surface area contributed by atoms with Crippen molar-refractivity contribution in [3.63, 3.8) is 0 Å². The molecule has 0 spiro atoms. The van der Waals surface area contributed by atoms with Gasteiger partial charge in [0.25, 0.3) is 0 Å². The van der Waals surface area contributed by atoms with Crippen molar-refractivity contribution in [3.8, 4) is 11.8 Å². The van der Waals surface area contributed by atoms with E-state index < -0.39 is 11.8 Å². The highest BCUT2D eigenvalue weighted by Crippen LogP contribution is 2.15. The van der Waals surface area contributed by atoms with Gasteiger partial charge >= 0.3 is 5.97 Å². The average molecular weight is 232 g/mol. The van der Waals surface area contributed by atoms with Gasteiger partial charge in [-0.3, -0.25) is 0 Å². The zero-order valence-electron chi connectivity index (χ0n) is 8.33. The maximum atomic E-state index is 13.6. The minimum Gasteiger partial charge on any atom is -0.476 e. The van der Waals surface area contributed by atoms with Crippen LogP contribution in [-0.4, -0.2) is 26.1 Å². The van der Waals surface area contributed by atoms with Crippen LogP contribution >= 0.6 is 0 Å². The summed E-state index contributed by atoms with van der Waals surface area (Å²) in [6.45, 7) is 0. The van der Waals surface area contributed by atoms with Crippen LogP contribution in [0.15, 0.2) is 24.4 Å². The van der Waals surface area contributed by atoms with Gasteiger partial charge in [0.15, 0.2) is 5.69 Å². The Morgan fingerprint density at radius 3 is 2.88 bits per heavy atom. The van der Waals surface area contributed by atoms with Crippen molar-refractivity contribution >= 4 is 5.97 Å². The number of hydrogen-bond donors (Lipinski definition) is 1. The molecule has 0 fully saturated rings. The first-order valence-corrected chi connectivity index (χ1v) is 4.47. The van der Waals surface area contributed by atoms with Crippen LogP contribution in [0.1, 0.15) is 16.1 Å². The Labute approximate surface area is 94.5 Å². The molecule has 84 valence electrons. The minimum atomic E-state index is -1.27. The lowest BCUT2D eigenvalue weighted by atomic mass is 10.2. The van der Waals surface area contributed by atoms with E-state index in [1.807, 2.05) is 0 Å². The maximum Gasteiger partial charge on any atom is 0.356 e. The highest BCUT2D eigenvalue weighted by Gasteiger charge is 2.16. The van der Waals surface area contributed by atoms with Gasteiger partial charge in [-0.2, -0.15) is 5.26 Å². The van der Waals surface area contributed by atoms with Crippen molar-refractivity contribution in [2.75, 3.05) is 0 Å². The zero-order chi connectivity index (χ0) is 12.4. The summed E-state index contributed by atoms with van der Waals surface area (Å²) in [5, 5.41) is 24.3. The molecule has 0 saturated carbocycles. The summed E-state index contributed by atoms with van der Waals surface area (Å²) in [5.74, 6) is -2.00. The first kappa shape index (κ1) is 10.8.